The molecule has 0 aliphatic heterocycles. The molecule has 0 aromatic heterocycles. The molecule has 21 heavy (non-hydrogen) atoms. The minimum atomic E-state index is -0.00735. The fourth-order valence-corrected chi connectivity index (χ4v) is 2.65. The largest absolute Gasteiger partial charge is 0.315 e. The summed E-state index contributed by atoms with van der Waals surface area (Å²) in [5.41, 5.74) is 1.55. The highest BCUT2D eigenvalue weighted by Crippen LogP contribution is 2.14. The van der Waals surface area contributed by atoms with Gasteiger partial charge >= 0.3 is 0 Å². The molecule has 0 fully saturated rings. The van der Waals surface area contributed by atoms with Crippen molar-refractivity contribution in [2.45, 2.75) is 0 Å². The van der Waals surface area contributed by atoms with E-state index in [1.54, 1.807) is 24.1 Å². The number of anilines is 1. The zero-order valence-electron chi connectivity index (χ0n) is 11.9. The van der Waals surface area contributed by atoms with Crippen LogP contribution >= 0.6 is 11.8 Å². The maximum Gasteiger partial charge on any atom is 0.236 e. The predicted octanol–water partition coefficient (Wildman–Crippen LogP) is 3.27. The first kappa shape index (κ1) is 15.3. The summed E-state index contributed by atoms with van der Waals surface area (Å²) in [4.78, 5) is 25.6. The van der Waals surface area contributed by atoms with Gasteiger partial charge in [-0.3, -0.25) is 9.59 Å². The molecular weight excluding hydrogens is 282 g/mol. The van der Waals surface area contributed by atoms with E-state index in [-0.39, 0.29) is 11.7 Å². The van der Waals surface area contributed by atoms with Crippen molar-refractivity contribution >= 4 is 29.1 Å². The van der Waals surface area contributed by atoms with Gasteiger partial charge in [0.05, 0.1) is 11.5 Å². The lowest BCUT2D eigenvalue weighted by molar-refractivity contribution is -0.115. The number of amides is 1. The van der Waals surface area contributed by atoms with Gasteiger partial charge in [-0.1, -0.05) is 48.5 Å². The van der Waals surface area contributed by atoms with Gasteiger partial charge in [0.25, 0.3) is 0 Å². The second kappa shape index (κ2) is 7.64. The fourth-order valence-electron chi connectivity index (χ4n) is 1.83. The van der Waals surface area contributed by atoms with Crippen LogP contribution in [-0.2, 0) is 4.79 Å². The number of ketones is 1. The third-order valence-electron chi connectivity index (χ3n) is 3.07. The summed E-state index contributed by atoms with van der Waals surface area (Å²) in [5.74, 6) is 0.658. The van der Waals surface area contributed by atoms with Crippen molar-refractivity contribution in [2.24, 2.45) is 0 Å². The molecule has 0 heterocycles. The van der Waals surface area contributed by atoms with Gasteiger partial charge in [-0.05, 0) is 12.1 Å². The Kier molecular flexibility index (Phi) is 5.58. The SMILES string of the molecule is CN(C(=O)CSCC(=O)c1ccccc1)c1ccccc1. The summed E-state index contributed by atoms with van der Waals surface area (Å²) < 4.78 is 0. The molecule has 0 saturated carbocycles. The quantitative estimate of drug-likeness (QED) is 0.768. The van der Waals surface area contributed by atoms with Gasteiger partial charge in [0.15, 0.2) is 5.78 Å². The molecule has 0 bridgehead atoms. The molecule has 2 aromatic rings. The number of nitrogens with zero attached hydrogens (tertiary/aromatic N) is 1. The minimum absolute atomic E-state index is 0.00735. The van der Waals surface area contributed by atoms with E-state index in [4.69, 9.17) is 0 Å². The van der Waals surface area contributed by atoms with E-state index in [9.17, 15) is 9.59 Å². The van der Waals surface area contributed by atoms with E-state index in [2.05, 4.69) is 0 Å². The molecule has 0 aliphatic rings. The molecule has 0 unspecified atom stereocenters. The standard InChI is InChI=1S/C17H17NO2S/c1-18(15-10-6-3-7-11-15)17(20)13-21-12-16(19)14-8-4-2-5-9-14/h2-11H,12-13H2,1H3. The average Bonchev–Trinajstić information content (AvgIpc) is 2.55. The molecule has 0 N–H and O–H groups in total. The molecule has 2 aromatic carbocycles. The van der Waals surface area contributed by atoms with Gasteiger partial charge in [-0.15, -0.1) is 11.8 Å². The third-order valence-corrected chi connectivity index (χ3v) is 3.99. The van der Waals surface area contributed by atoms with Crippen LogP contribution in [0.15, 0.2) is 60.7 Å². The summed E-state index contributed by atoms with van der Waals surface area (Å²) in [6.07, 6.45) is 0. The Bertz CT molecular complexity index is 599. The van der Waals surface area contributed by atoms with Gasteiger partial charge in [0.1, 0.15) is 0 Å². The minimum Gasteiger partial charge on any atom is -0.315 e. The molecular formula is C17H17NO2S. The molecule has 0 spiro atoms. The van der Waals surface area contributed by atoms with E-state index in [1.807, 2.05) is 48.5 Å². The first-order valence-electron chi connectivity index (χ1n) is 6.66. The number of carbonyl (C=O) groups excluding carboxylic acids is 2. The molecule has 108 valence electrons. The molecule has 3 nitrogen and oxygen atoms in total. The smallest absolute Gasteiger partial charge is 0.236 e. The molecule has 0 saturated heterocycles. The predicted molar refractivity (Wildman–Crippen MR) is 87.9 cm³/mol. The maximum absolute atomic E-state index is 12.1. The second-order valence-corrected chi connectivity index (χ2v) is 5.56. The number of thioether (sulfide) groups is 1. The lowest BCUT2D eigenvalue weighted by Gasteiger charge is -2.16. The van der Waals surface area contributed by atoms with Gasteiger partial charge in [0, 0.05) is 18.3 Å². The van der Waals surface area contributed by atoms with E-state index in [0.717, 1.165) is 5.69 Å². The number of carbonyl (C=O) groups is 2. The van der Waals surface area contributed by atoms with Crippen molar-refractivity contribution in [1.29, 1.82) is 0 Å². The van der Waals surface area contributed by atoms with E-state index < -0.39 is 0 Å². The van der Waals surface area contributed by atoms with Crippen molar-refractivity contribution < 1.29 is 9.59 Å². The summed E-state index contributed by atoms with van der Waals surface area (Å²) >= 11 is 1.35. The van der Waals surface area contributed by atoms with E-state index >= 15 is 0 Å². The van der Waals surface area contributed by atoms with Crippen molar-refractivity contribution in [1.82, 2.24) is 0 Å². The number of benzene rings is 2. The topological polar surface area (TPSA) is 37.4 Å². The highest BCUT2D eigenvalue weighted by Gasteiger charge is 2.12. The summed E-state index contributed by atoms with van der Waals surface area (Å²) in [6, 6.07) is 18.6. The van der Waals surface area contributed by atoms with Crippen LogP contribution in [0.1, 0.15) is 10.4 Å². The van der Waals surface area contributed by atoms with Gasteiger partial charge < -0.3 is 4.90 Å². The summed E-state index contributed by atoms with van der Waals surface area (Å²) in [6.45, 7) is 0. The maximum atomic E-state index is 12.1. The number of hydrogen-bond acceptors (Lipinski definition) is 3. The van der Waals surface area contributed by atoms with Gasteiger partial charge in [-0.2, -0.15) is 0 Å². The zero-order chi connectivity index (χ0) is 15.1. The molecule has 0 aliphatic carbocycles. The van der Waals surface area contributed by atoms with Crippen molar-refractivity contribution in [2.75, 3.05) is 23.5 Å². The Balaban J connectivity index is 1.81. The van der Waals surface area contributed by atoms with Gasteiger partial charge in [-0.25, -0.2) is 0 Å². The first-order chi connectivity index (χ1) is 10.2. The highest BCUT2D eigenvalue weighted by molar-refractivity contribution is 8.00. The Labute approximate surface area is 129 Å². The number of rotatable bonds is 6. The Morgan fingerprint density at radius 2 is 1.48 bits per heavy atom. The molecule has 2 rings (SSSR count). The van der Waals surface area contributed by atoms with Crippen LogP contribution in [0.5, 0.6) is 0 Å². The number of hydrogen-bond donors (Lipinski definition) is 0. The Morgan fingerprint density at radius 3 is 2.10 bits per heavy atom. The Hall–Kier alpha value is -2.07. The Morgan fingerprint density at radius 1 is 0.905 bits per heavy atom. The number of para-hydroxylation sites is 1. The van der Waals surface area contributed by atoms with Crippen LogP contribution in [0, 0.1) is 0 Å². The van der Waals surface area contributed by atoms with E-state index in [1.165, 1.54) is 11.8 Å². The molecule has 0 radical (unpaired) electrons. The molecule has 1 amide bonds. The van der Waals surface area contributed by atoms with Crippen molar-refractivity contribution in [3.05, 3.63) is 66.2 Å². The summed E-state index contributed by atoms with van der Waals surface area (Å²) in [5, 5.41) is 0. The van der Waals surface area contributed by atoms with Crippen LogP contribution in [0.4, 0.5) is 5.69 Å². The van der Waals surface area contributed by atoms with Gasteiger partial charge in [0.2, 0.25) is 5.91 Å². The summed E-state index contributed by atoms with van der Waals surface area (Å²) in [7, 11) is 1.75. The van der Waals surface area contributed by atoms with Crippen LogP contribution < -0.4 is 4.90 Å². The fraction of sp³-hybridized carbons (Fsp3) is 0.176. The average molecular weight is 299 g/mol. The van der Waals surface area contributed by atoms with Crippen LogP contribution in [0.2, 0.25) is 0 Å². The second-order valence-electron chi connectivity index (χ2n) is 4.57. The monoisotopic (exact) mass is 299 g/mol. The first-order valence-corrected chi connectivity index (χ1v) is 7.81. The van der Waals surface area contributed by atoms with Crippen molar-refractivity contribution in [3.8, 4) is 0 Å². The lowest BCUT2D eigenvalue weighted by atomic mass is 10.2. The van der Waals surface area contributed by atoms with Crippen LogP contribution in [0.25, 0.3) is 0 Å². The van der Waals surface area contributed by atoms with Crippen LogP contribution in [-0.4, -0.2) is 30.2 Å². The highest BCUT2D eigenvalue weighted by atomic mass is 32.2. The van der Waals surface area contributed by atoms with Crippen molar-refractivity contribution in [3.63, 3.8) is 0 Å². The van der Waals surface area contributed by atoms with E-state index in [0.29, 0.717) is 17.1 Å². The normalized spacial score (nSPS) is 10.1. The third kappa shape index (κ3) is 4.46. The van der Waals surface area contributed by atoms with Crippen LogP contribution in [0.3, 0.4) is 0 Å². The molecule has 0 atom stereocenters. The molecule has 4 heteroatoms. The lowest BCUT2D eigenvalue weighted by Crippen LogP contribution is -2.28. The zero-order valence-corrected chi connectivity index (χ0v) is 12.7. The number of Topliss-reactive ketones (excluding diaryl/α,β-unsaturated/α-hetero) is 1.